The van der Waals surface area contributed by atoms with Crippen molar-refractivity contribution in [3.8, 4) is 5.75 Å². The standard InChI is InChI=1S/C24H30N2O3/c1-19-7-9-20(10-8-19)22(27)11-12-24(28)26-17-15-25(16-18-26)14-13-21-5-3-4-6-23(21)29-2/h3-10H,11-18H2,1-2H3. The number of methoxy groups -OCH3 is 1. The lowest BCUT2D eigenvalue weighted by atomic mass is 10.0. The number of aryl methyl sites for hydroxylation is 1. The number of nitrogens with zero attached hydrogens (tertiary/aromatic N) is 2. The number of Topliss-reactive ketones (excluding diaryl/α,β-unsaturated/α-hetero) is 1. The van der Waals surface area contributed by atoms with Crippen LogP contribution in [0.4, 0.5) is 0 Å². The van der Waals surface area contributed by atoms with Gasteiger partial charge in [-0.25, -0.2) is 0 Å². The molecule has 0 aromatic heterocycles. The minimum Gasteiger partial charge on any atom is -0.496 e. The van der Waals surface area contributed by atoms with E-state index in [-0.39, 0.29) is 24.5 Å². The number of carbonyl (C=O) groups is 2. The highest BCUT2D eigenvalue weighted by Gasteiger charge is 2.21. The lowest BCUT2D eigenvalue weighted by molar-refractivity contribution is -0.132. The van der Waals surface area contributed by atoms with E-state index in [4.69, 9.17) is 4.74 Å². The number of rotatable bonds is 8. The lowest BCUT2D eigenvalue weighted by Gasteiger charge is -2.34. The van der Waals surface area contributed by atoms with E-state index in [1.54, 1.807) is 7.11 Å². The van der Waals surface area contributed by atoms with Gasteiger partial charge in [-0.3, -0.25) is 14.5 Å². The molecule has 0 aliphatic carbocycles. The fraction of sp³-hybridized carbons (Fsp3) is 0.417. The van der Waals surface area contributed by atoms with E-state index in [9.17, 15) is 9.59 Å². The maximum Gasteiger partial charge on any atom is 0.223 e. The zero-order valence-electron chi connectivity index (χ0n) is 17.4. The quantitative estimate of drug-likeness (QED) is 0.645. The predicted molar refractivity (Wildman–Crippen MR) is 114 cm³/mol. The molecule has 154 valence electrons. The van der Waals surface area contributed by atoms with Crippen molar-refractivity contribution in [2.45, 2.75) is 26.2 Å². The van der Waals surface area contributed by atoms with Gasteiger partial charge in [-0.1, -0.05) is 48.0 Å². The number of amides is 1. The van der Waals surface area contributed by atoms with E-state index in [2.05, 4.69) is 11.0 Å². The van der Waals surface area contributed by atoms with Crippen LogP contribution in [0.15, 0.2) is 48.5 Å². The molecule has 0 unspecified atom stereocenters. The van der Waals surface area contributed by atoms with Crippen molar-refractivity contribution in [1.29, 1.82) is 0 Å². The minimum atomic E-state index is 0.0359. The van der Waals surface area contributed by atoms with E-state index in [0.29, 0.717) is 5.56 Å². The van der Waals surface area contributed by atoms with Gasteiger partial charge in [0.1, 0.15) is 5.75 Å². The smallest absolute Gasteiger partial charge is 0.223 e. The Hall–Kier alpha value is -2.66. The average molecular weight is 395 g/mol. The molecule has 3 rings (SSSR count). The zero-order valence-corrected chi connectivity index (χ0v) is 17.4. The average Bonchev–Trinajstić information content (AvgIpc) is 2.76. The molecule has 5 nitrogen and oxygen atoms in total. The van der Waals surface area contributed by atoms with Gasteiger partial charge in [0.05, 0.1) is 7.11 Å². The number of para-hydroxylation sites is 1. The van der Waals surface area contributed by atoms with Crippen molar-refractivity contribution in [1.82, 2.24) is 9.80 Å². The summed E-state index contributed by atoms with van der Waals surface area (Å²) in [5.74, 6) is 1.04. The molecule has 1 aliphatic rings. The third-order valence-corrected chi connectivity index (χ3v) is 5.55. The molecule has 1 fully saturated rings. The van der Waals surface area contributed by atoms with Gasteiger partial charge >= 0.3 is 0 Å². The second-order valence-corrected chi connectivity index (χ2v) is 7.57. The highest BCUT2D eigenvalue weighted by Crippen LogP contribution is 2.18. The summed E-state index contributed by atoms with van der Waals surface area (Å²) in [6.07, 6.45) is 1.49. The molecule has 0 spiro atoms. The van der Waals surface area contributed by atoms with Crippen LogP contribution in [0.3, 0.4) is 0 Å². The normalized spacial score (nSPS) is 14.6. The number of benzene rings is 2. The Kier molecular flexibility index (Phi) is 7.42. The molecular weight excluding hydrogens is 364 g/mol. The van der Waals surface area contributed by atoms with Crippen LogP contribution in [0, 0.1) is 6.92 Å². The van der Waals surface area contributed by atoms with Gasteiger partial charge in [0, 0.05) is 51.1 Å². The molecular formula is C24H30N2O3. The largest absolute Gasteiger partial charge is 0.496 e. The predicted octanol–water partition coefficient (Wildman–Crippen LogP) is 3.35. The van der Waals surface area contributed by atoms with Gasteiger partial charge in [-0.05, 0) is 25.0 Å². The first-order valence-corrected chi connectivity index (χ1v) is 10.3. The summed E-state index contributed by atoms with van der Waals surface area (Å²) in [6, 6.07) is 15.6. The number of hydrogen-bond donors (Lipinski definition) is 0. The second-order valence-electron chi connectivity index (χ2n) is 7.57. The van der Waals surface area contributed by atoms with Crippen molar-refractivity contribution in [2.24, 2.45) is 0 Å². The van der Waals surface area contributed by atoms with E-state index in [1.807, 2.05) is 54.3 Å². The van der Waals surface area contributed by atoms with Crippen molar-refractivity contribution < 1.29 is 14.3 Å². The molecule has 0 bridgehead atoms. The van der Waals surface area contributed by atoms with Crippen molar-refractivity contribution >= 4 is 11.7 Å². The van der Waals surface area contributed by atoms with E-state index in [0.717, 1.165) is 50.5 Å². The molecule has 1 aliphatic heterocycles. The molecule has 1 amide bonds. The summed E-state index contributed by atoms with van der Waals surface area (Å²) in [5.41, 5.74) is 3.02. The van der Waals surface area contributed by atoms with Crippen LogP contribution in [0.2, 0.25) is 0 Å². The maximum absolute atomic E-state index is 12.5. The molecule has 2 aromatic carbocycles. The number of piperazine rings is 1. The summed E-state index contributed by atoms with van der Waals surface area (Å²) in [4.78, 5) is 29.0. The van der Waals surface area contributed by atoms with Gasteiger partial charge in [-0.2, -0.15) is 0 Å². The number of ether oxygens (including phenoxy) is 1. The van der Waals surface area contributed by atoms with Gasteiger partial charge in [0.15, 0.2) is 5.78 Å². The zero-order chi connectivity index (χ0) is 20.6. The highest BCUT2D eigenvalue weighted by atomic mass is 16.5. The Morgan fingerprint density at radius 3 is 2.31 bits per heavy atom. The Morgan fingerprint density at radius 1 is 0.931 bits per heavy atom. The third-order valence-electron chi connectivity index (χ3n) is 5.55. The van der Waals surface area contributed by atoms with Crippen LogP contribution in [0.1, 0.15) is 34.3 Å². The third kappa shape index (κ3) is 5.91. The maximum atomic E-state index is 12.5. The number of hydrogen-bond acceptors (Lipinski definition) is 4. The van der Waals surface area contributed by atoms with Gasteiger partial charge in [0.25, 0.3) is 0 Å². The topological polar surface area (TPSA) is 49.9 Å². The molecule has 1 saturated heterocycles. The van der Waals surface area contributed by atoms with Crippen molar-refractivity contribution in [3.63, 3.8) is 0 Å². The van der Waals surface area contributed by atoms with Gasteiger partial charge in [0.2, 0.25) is 5.91 Å². The summed E-state index contributed by atoms with van der Waals surface area (Å²) in [7, 11) is 1.70. The van der Waals surface area contributed by atoms with Crippen LogP contribution in [-0.2, 0) is 11.2 Å². The molecule has 2 aromatic rings. The first kappa shape index (κ1) is 21.1. The second kappa shape index (κ2) is 10.2. The van der Waals surface area contributed by atoms with Crippen LogP contribution in [0.25, 0.3) is 0 Å². The Bertz CT molecular complexity index is 824. The molecule has 29 heavy (non-hydrogen) atoms. The van der Waals surface area contributed by atoms with E-state index in [1.165, 1.54) is 5.56 Å². The summed E-state index contributed by atoms with van der Waals surface area (Å²) in [5, 5.41) is 0. The Balaban J connectivity index is 1.40. The van der Waals surface area contributed by atoms with Crippen LogP contribution in [-0.4, -0.2) is 61.3 Å². The van der Waals surface area contributed by atoms with Gasteiger partial charge in [-0.15, -0.1) is 0 Å². The van der Waals surface area contributed by atoms with Crippen LogP contribution < -0.4 is 4.74 Å². The fourth-order valence-corrected chi connectivity index (χ4v) is 3.67. The highest BCUT2D eigenvalue weighted by molar-refractivity contribution is 5.98. The first-order valence-electron chi connectivity index (χ1n) is 10.3. The first-order chi connectivity index (χ1) is 14.1. The molecule has 5 heteroatoms. The molecule has 0 saturated carbocycles. The molecule has 0 radical (unpaired) electrons. The number of carbonyl (C=O) groups excluding carboxylic acids is 2. The van der Waals surface area contributed by atoms with Crippen LogP contribution in [0.5, 0.6) is 5.75 Å². The van der Waals surface area contributed by atoms with E-state index < -0.39 is 0 Å². The monoisotopic (exact) mass is 394 g/mol. The summed E-state index contributed by atoms with van der Waals surface area (Å²) < 4.78 is 5.42. The molecule has 0 N–H and O–H groups in total. The Labute approximate surface area is 173 Å². The minimum absolute atomic E-state index is 0.0359. The summed E-state index contributed by atoms with van der Waals surface area (Å²) in [6.45, 7) is 6.13. The molecule has 1 heterocycles. The van der Waals surface area contributed by atoms with Crippen molar-refractivity contribution in [3.05, 3.63) is 65.2 Å². The Morgan fingerprint density at radius 2 is 1.62 bits per heavy atom. The SMILES string of the molecule is COc1ccccc1CCN1CCN(C(=O)CCC(=O)c2ccc(C)cc2)CC1. The van der Waals surface area contributed by atoms with Gasteiger partial charge < -0.3 is 9.64 Å². The number of ketones is 1. The van der Waals surface area contributed by atoms with E-state index >= 15 is 0 Å². The lowest BCUT2D eigenvalue weighted by Crippen LogP contribution is -2.49. The van der Waals surface area contributed by atoms with Crippen LogP contribution >= 0.6 is 0 Å². The molecule has 0 atom stereocenters. The fourth-order valence-electron chi connectivity index (χ4n) is 3.67. The van der Waals surface area contributed by atoms with Crippen molar-refractivity contribution in [2.75, 3.05) is 39.8 Å². The summed E-state index contributed by atoms with van der Waals surface area (Å²) >= 11 is 0.